The zero-order valence-corrected chi connectivity index (χ0v) is 13.9. The molecule has 1 aromatic carbocycles. The molecule has 0 aliphatic carbocycles. The molecule has 5 heteroatoms. The Balaban J connectivity index is 1.95. The van der Waals surface area contributed by atoms with Crippen LogP contribution in [-0.4, -0.2) is 41.5 Å². The van der Waals surface area contributed by atoms with Crippen molar-refractivity contribution in [2.45, 2.75) is 38.7 Å². The molecule has 2 N–H and O–H groups in total. The van der Waals surface area contributed by atoms with Gasteiger partial charge >= 0.3 is 0 Å². The molecule has 1 aromatic rings. The summed E-state index contributed by atoms with van der Waals surface area (Å²) in [4.78, 5) is 26.3. The number of benzene rings is 1. The summed E-state index contributed by atoms with van der Waals surface area (Å²) in [7, 11) is 0. The van der Waals surface area contributed by atoms with Gasteiger partial charge in [0.25, 0.3) is 5.91 Å². The third-order valence-corrected chi connectivity index (χ3v) is 4.48. The Morgan fingerprint density at radius 3 is 2.39 bits per heavy atom. The van der Waals surface area contributed by atoms with Crippen molar-refractivity contribution in [3.8, 4) is 0 Å². The number of nitrogens with zero attached hydrogens (tertiary/aromatic N) is 1. The fourth-order valence-electron chi connectivity index (χ4n) is 2.96. The molecule has 1 aliphatic heterocycles. The molecule has 0 saturated carbocycles. The van der Waals surface area contributed by atoms with E-state index < -0.39 is 11.5 Å². The van der Waals surface area contributed by atoms with Crippen molar-refractivity contribution in [3.63, 3.8) is 0 Å². The third kappa shape index (κ3) is 3.91. The van der Waals surface area contributed by atoms with E-state index in [9.17, 15) is 14.7 Å². The second-order valence-corrected chi connectivity index (χ2v) is 6.38. The van der Waals surface area contributed by atoms with Crippen molar-refractivity contribution in [2.75, 3.05) is 19.6 Å². The van der Waals surface area contributed by atoms with Crippen LogP contribution in [0.4, 0.5) is 0 Å². The number of likely N-dealkylation sites (tertiary alicyclic amines) is 1. The first kappa shape index (κ1) is 17.5. The second-order valence-electron chi connectivity index (χ2n) is 6.38. The fraction of sp³-hybridized carbons (Fsp3) is 0.556. The lowest BCUT2D eigenvalue weighted by Crippen LogP contribution is -2.48. The van der Waals surface area contributed by atoms with E-state index in [-0.39, 0.29) is 24.8 Å². The third-order valence-electron chi connectivity index (χ3n) is 4.48. The predicted octanol–water partition coefficient (Wildman–Crippen LogP) is 1.66. The van der Waals surface area contributed by atoms with E-state index in [2.05, 4.69) is 5.32 Å². The van der Waals surface area contributed by atoms with Gasteiger partial charge in [-0.3, -0.25) is 9.59 Å². The van der Waals surface area contributed by atoms with Crippen molar-refractivity contribution in [1.29, 1.82) is 0 Å². The molecule has 0 unspecified atom stereocenters. The van der Waals surface area contributed by atoms with E-state index in [0.717, 1.165) is 25.9 Å². The molecule has 23 heavy (non-hydrogen) atoms. The van der Waals surface area contributed by atoms with Gasteiger partial charge in [0.2, 0.25) is 5.91 Å². The SMILES string of the molecule is CC(C)[C@@](O)(C(=O)NCCC(=O)N1CCCC1)c1ccccc1. The van der Waals surface area contributed by atoms with Gasteiger partial charge in [-0.25, -0.2) is 0 Å². The summed E-state index contributed by atoms with van der Waals surface area (Å²) in [6.45, 7) is 5.49. The molecule has 126 valence electrons. The van der Waals surface area contributed by atoms with E-state index in [4.69, 9.17) is 0 Å². The molecule has 0 aromatic heterocycles. The number of rotatable bonds is 6. The van der Waals surface area contributed by atoms with Crippen LogP contribution in [0.15, 0.2) is 30.3 Å². The number of hydrogen-bond donors (Lipinski definition) is 2. The molecule has 1 aliphatic rings. The van der Waals surface area contributed by atoms with Gasteiger partial charge in [0.15, 0.2) is 5.60 Å². The number of nitrogens with one attached hydrogen (secondary N) is 1. The topological polar surface area (TPSA) is 69.6 Å². The Labute approximate surface area is 137 Å². The van der Waals surface area contributed by atoms with Crippen molar-refractivity contribution >= 4 is 11.8 Å². The van der Waals surface area contributed by atoms with Gasteiger partial charge in [-0.05, 0) is 24.3 Å². The van der Waals surface area contributed by atoms with Crippen molar-refractivity contribution in [1.82, 2.24) is 10.2 Å². The summed E-state index contributed by atoms with van der Waals surface area (Å²) in [6.07, 6.45) is 2.38. The Bertz CT molecular complexity index is 538. The van der Waals surface area contributed by atoms with Gasteiger partial charge in [-0.15, -0.1) is 0 Å². The summed E-state index contributed by atoms with van der Waals surface area (Å²) >= 11 is 0. The maximum Gasteiger partial charge on any atom is 0.256 e. The fourth-order valence-corrected chi connectivity index (χ4v) is 2.96. The Hall–Kier alpha value is -1.88. The van der Waals surface area contributed by atoms with Gasteiger partial charge < -0.3 is 15.3 Å². The van der Waals surface area contributed by atoms with E-state index in [1.165, 1.54) is 0 Å². The number of hydrogen-bond acceptors (Lipinski definition) is 3. The van der Waals surface area contributed by atoms with Crippen LogP contribution >= 0.6 is 0 Å². The summed E-state index contributed by atoms with van der Waals surface area (Å²) in [6, 6.07) is 8.93. The molecular weight excluding hydrogens is 292 g/mol. The minimum atomic E-state index is -1.59. The highest BCUT2D eigenvalue weighted by atomic mass is 16.3. The van der Waals surface area contributed by atoms with Gasteiger partial charge in [0.05, 0.1) is 0 Å². The van der Waals surface area contributed by atoms with Crippen LogP contribution in [0.3, 0.4) is 0 Å². The lowest BCUT2D eigenvalue weighted by molar-refractivity contribution is -0.146. The molecule has 0 spiro atoms. The Kier molecular flexibility index (Phi) is 5.77. The zero-order valence-electron chi connectivity index (χ0n) is 13.9. The molecule has 1 fully saturated rings. The first-order valence-corrected chi connectivity index (χ1v) is 8.30. The monoisotopic (exact) mass is 318 g/mol. The summed E-state index contributed by atoms with van der Waals surface area (Å²) < 4.78 is 0. The molecule has 0 bridgehead atoms. The Morgan fingerprint density at radius 1 is 1.22 bits per heavy atom. The van der Waals surface area contributed by atoms with Crippen LogP contribution in [0, 0.1) is 5.92 Å². The minimum Gasteiger partial charge on any atom is -0.375 e. The van der Waals surface area contributed by atoms with E-state index >= 15 is 0 Å². The average Bonchev–Trinajstić information content (AvgIpc) is 3.09. The highest BCUT2D eigenvalue weighted by molar-refractivity contribution is 5.87. The highest BCUT2D eigenvalue weighted by Crippen LogP contribution is 2.29. The first-order valence-electron chi connectivity index (χ1n) is 8.30. The van der Waals surface area contributed by atoms with Gasteiger partial charge in [-0.2, -0.15) is 0 Å². The molecule has 2 amide bonds. The molecule has 5 nitrogen and oxygen atoms in total. The number of carbonyl (C=O) groups excluding carboxylic acids is 2. The minimum absolute atomic E-state index is 0.0654. The van der Waals surface area contributed by atoms with Crippen LogP contribution in [0.5, 0.6) is 0 Å². The molecule has 0 radical (unpaired) electrons. The summed E-state index contributed by atoms with van der Waals surface area (Å²) in [5.74, 6) is -0.664. The van der Waals surface area contributed by atoms with Crippen LogP contribution in [0.1, 0.15) is 38.7 Å². The first-order chi connectivity index (χ1) is 11.0. The quantitative estimate of drug-likeness (QED) is 0.838. The number of aliphatic hydroxyl groups is 1. The number of carbonyl (C=O) groups is 2. The summed E-state index contributed by atoms with van der Waals surface area (Å²) in [5, 5.41) is 13.6. The van der Waals surface area contributed by atoms with Crippen molar-refractivity contribution in [2.24, 2.45) is 5.92 Å². The maximum absolute atomic E-state index is 12.5. The van der Waals surface area contributed by atoms with Crippen molar-refractivity contribution < 1.29 is 14.7 Å². The molecule has 2 rings (SSSR count). The maximum atomic E-state index is 12.5. The van der Waals surface area contributed by atoms with Crippen LogP contribution in [-0.2, 0) is 15.2 Å². The largest absolute Gasteiger partial charge is 0.375 e. The van der Waals surface area contributed by atoms with Gasteiger partial charge in [-0.1, -0.05) is 44.2 Å². The lowest BCUT2D eigenvalue weighted by Gasteiger charge is -2.31. The lowest BCUT2D eigenvalue weighted by atomic mass is 9.82. The summed E-state index contributed by atoms with van der Waals surface area (Å²) in [5.41, 5.74) is -1.02. The highest BCUT2D eigenvalue weighted by Gasteiger charge is 2.40. The smallest absolute Gasteiger partial charge is 0.256 e. The second kappa shape index (κ2) is 7.59. The number of amides is 2. The normalized spacial score (nSPS) is 17.1. The zero-order chi connectivity index (χ0) is 16.9. The van der Waals surface area contributed by atoms with Crippen molar-refractivity contribution in [3.05, 3.63) is 35.9 Å². The molecular formula is C18H26N2O3. The van der Waals surface area contributed by atoms with Gasteiger partial charge in [0.1, 0.15) is 0 Å². The van der Waals surface area contributed by atoms with E-state index in [0.29, 0.717) is 5.56 Å². The predicted molar refractivity (Wildman–Crippen MR) is 88.6 cm³/mol. The van der Waals surface area contributed by atoms with Crippen LogP contribution in [0.2, 0.25) is 0 Å². The molecule has 1 saturated heterocycles. The standard InChI is InChI=1S/C18H26N2O3/c1-14(2)18(23,15-8-4-3-5-9-15)17(22)19-11-10-16(21)20-12-6-7-13-20/h3-5,8-9,14,23H,6-7,10-13H2,1-2H3,(H,19,22)/t18-/m0/s1. The molecule has 1 heterocycles. The van der Waals surface area contributed by atoms with E-state index in [1.54, 1.807) is 24.3 Å². The van der Waals surface area contributed by atoms with Crippen LogP contribution in [0.25, 0.3) is 0 Å². The van der Waals surface area contributed by atoms with Gasteiger partial charge in [0, 0.05) is 26.1 Å². The Morgan fingerprint density at radius 2 is 1.83 bits per heavy atom. The van der Waals surface area contributed by atoms with E-state index in [1.807, 2.05) is 24.8 Å². The average molecular weight is 318 g/mol. The molecule has 1 atom stereocenters. The van der Waals surface area contributed by atoms with Crippen LogP contribution < -0.4 is 5.32 Å².